The molecule has 0 saturated heterocycles. The number of thioether (sulfide) groups is 1. The zero-order valence-corrected chi connectivity index (χ0v) is 11.1. The van der Waals surface area contributed by atoms with Crippen molar-refractivity contribution in [2.24, 2.45) is 10.9 Å². The lowest BCUT2D eigenvalue weighted by Gasteiger charge is -2.18. The number of hydrogen-bond acceptors (Lipinski definition) is 4. The molecule has 0 bridgehead atoms. The third-order valence-corrected chi connectivity index (χ3v) is 4.47. The highest BCUT2D eigenvalue weighted by Crippen LogP contribution is 2.41. The van der Waals surface area contributed by atoms with E-state index in [0.29, 0.717) is 6.04 Å². The summed E-state index contributed by atoms with van der Waals surface area (Å²) < 4.78 is 5.23. The Kier molecular flexibility index (Phi) is 4.53. The van der Waals surface area contributed by atoms with E-state index in [1.165, 1.54) is 19.3 Å². The molecule has 2 atom stereocenters. The van der Waals surface area contributed by atoms with Crippen molar-refractivity contribution >= 4 is 16.9 Å². The van der Waals surface area contributed by atoms with Crippen LogP contribution in [0.15, 0.2) is 4.99 Å². The van der Waals surface area contributed by atoms with Crippen LogP contribution in [0.1, 0.15) is 32.6 Å². The Bertz CT molecular complexity index is 247. The van der Waals surface area contributed by atoms with Crippen molar-refractivity contribution < 1.29 is 4.74 Å². The van der Waals surface area contributed by atoms with Crippen LogP contribution in [0.3, 0.4) is 0 Å². The summed E-state index contributed by atoms with van der Waals surface area (Å²) in [7, 11) is 1.76. The van der Waals surface area contributed by atoms with Crippen LogP contribution in [0.5, 0.6) is 0 Å². The van der Waals surface area contributed by atoms with Gasteiger partial charge in [0.05, 0.1) is 19.2 Å². The maximum atomic E-state index is 5.23. The molecule has 0 spiro atoms. The van der Waals surface area contributed by atoms with Gasteiger partial charge in [0.1, 0.15) is 0 Å². The smallest absolute Gasteiger partial charge is 0.157 e. The molecule has 0 amide bonds. The first kappa shape index (κ1) is 12.2. The van der Waals surface area contributed by atoms with Gasteiger partial charge < -0.3 is 10.1 Å². The van der Waals surface area contributed by atoms with Gasteiger partial charge in [-0.2, -0.15) is 0 Å². The summed E-state index contributed by atoms with van der Waals surface area (Å²) >= 11 is 1.94. The van der Waals surface area contributed by atoms with Crippen molar-refractivity contribution in [3.8, 4) is 0 Å². The monoisotopic (exact) mass is 242 g/mol. The molecule has 16 heavy (non-hydrogen) atoms. The standard InChI is InChI=1S/C12H22N2OS/c1-3-4-10(8-15-2)14-12-13-7-11(16-12)9-5-6-9/h9-11H,3-8H2,1-2H3,(H,13,14). The Morgan fingerprint density at radius 3 is 3.00 bits per heavy atom. The summed E-state index contributed by atoms with van der Waals surface area (Å²) in [6.07, 6.45) is 5.17. The lowest BCUT2D eigenvalue weighted by Crippen LogP contribution is -2.36. The van der Waals surface area contributed by atoms with Gasteiger partial charge in [0.25, 0.3) is 0 Å². The van der Waals surface area contributed by atoms with Gasteiger partial charge in [-0.05, 0) is 25.2 Å². The maximum absolute atomic E-state index is 5.23. The second kappa shape index (κ2) is 5.92. The number of rotatable bonds is 6. The molecule has 92 valence electrons. The van der Waals surface area contributed by atoms with Gasteiger partial charge in [-0.15, -0.1) is 0 Å². The van der Waals surface area contributed by atoms with Crippen molar-refractivity contribution in [1.82, 2.24) is 5.32 Å². The zero-order chi connectivity index (χ0) is 11.4. The van der Waals surface area contributed by atoms with Crippen molar-refractivity contribution in [2.45, 2.75) is 43.9 Å². The van der Waals surface area contributed by atoms with Crippen molar-refractivity contribution in [1.29, 1.82) is 0 Å². The maximum Gasteiger partial charge on any atom is 0.157 e. The van der Waals surface area contributed by atoms with Gasteiger partial charge in [-0.25, -0.2) is 0 Å². The van der Waals surface area contributed by atoms with Crippen LogP contribution < -0.4 is 5.32 Å². The van der Waals surface area contributed by atoms with Crippen molar-refractivity contribution in [2.75, 3.05) is 20.3 Å². The molecule has 1 N–H and O–H groups in total. The molecule has 0 aromatic heterocycles. The number of methoxy groups -OCH3 is 1. The topological polar surface area (TPSA) is 33.6 Å². The summed E-state index contributed by atoms with van der Waals surface area (Å²) in [4.78, 5) is 4.60. The molecule has 1 aliphatic carbocycles. The molecule has 0 aromatic rings. The number of nitrogens with zero attached hydrogens (tertiary/aromatic N) is 1. The van der Waals surface area contributed by atoms with E-state index < -0.39 is 0 Å². The van der Waals surface area contributed by atoms with Crippen LogP contribution in [0.2, 0.25) is 0 Å². The summed E-state index contributed by atoms with van der Waals surface area (Å²) in [6.45, 7) is 4.01. The molecule has 3 nitrogen and oxygen atoms in total. The molecule has 1 aliphatic heterocycles. The Hall–Kier alpha value is -0.220. The van der Waals surface area contributed by atoms with E-state index in [9.17, 15) is 0 Å². The molecular formula is C12H22N2OS. The summed E-state index contributed by atoms with van der Waals surface area (Å²) in [5.41, 5.74) is 0. The van der Waals surface area contributed by atoms with Gasteiger partial charge in [0.2, 0.25) is 0 Å². The van der Waals surface area contributed by atoms with Crippen molar-refractivity contribution in [3.05, 3.63) is 0 Å². The first-order valence-corrected chi connectivity index (χ1v) is 7.18. The number of nitrogens with one attached hydrogen (secondary N) is 1. The van der Waals surface area contributed by atoms with E-state index in [-0.39, 0.29) is 0 Å². The lowest BCUT2D eigenvalue weighted by molar-refractivity contribution is 0.170. The molecular weight excluding hydrogens is 220 g/mol. The fourth-order valence-corrected chi connectivity index (χ4v) is 3.39. The Morgan fingerprint density at radius 2 is 2.38 bits per heavy atom. The summed E-state index contributed by atoms with van der Waals surface area (Å²) in [5, 5.41) is 5.42. The molecule has 2 unspecified atom stereocenters. The highest BCUT2D eigenvalue weighted by Gasteiger charge is 2.35. The molecule has 4 heteroatoms. The fraction of sp³-hybridized carbons (Fsp3) is 0.917. The predicted molar refractivity (Wildman–Crippen MR) is 70.1 cm³/mol. The van der Waals surface area contributed by atoms with E-state index in [2.05, 4.69) is 17.2 Å². The van der Waals surface area contributed by atoms with Crippen LogP contribution in [-0.4, -0.2) is 36.7 Å². The predicted octanol–water partition coefficient (Wildman–Crippen LogP) is 2.27. The normalized spacial score (nSPS) is 26.6. The Balaban J connectivity index is 1.74. The van der Waals surface area contributed by atoms with E-state index in [0.717, 1.165) is 35.9 Å². The molecule has 0 radical (unpaired) electrons. The second-order valence-electron chi connectivity index (χ2n) is 4.72. The van der Waals surface area contributed by atoms with E-state index >= 15 is 0 Å². The third kappa shape index (κ3) is 3.39. The van der Waals surface area contributed by atoms with Gasteiger partial charge in [-0.3, -0.25) is 4.99 Å². The third-order valence-electron chi connectivity index (χ3n) is 3.16. The van der Waals surface area contributed by atoms with Crippen LogP contribution in [-0.2, 0) is 4.74 Å². The SMILES string of the molecule is CCCC(COC)NC1=NCC(C2CC2)S1. The first-order valence-electron chi connectivity index (χ1n) is 6.30. The minimum Gasteiger partial charge on any atom is -0.383 e. The molecule has 1 fully saturated rings. The van der Waals surface area contributed by atoms with E-state index in [4.69, 9.17) is 4.74 Å². The number of ether oxygens (including phenoxy) is 1. The molecule has 2 rings (SSSR count). The number of aliphatic imine (C=N–C) groups is 1. The Morgan fingerprint density at radius 1 is 1.56 bits per heavy atom. The largest absolute Gasteiger partial charge is 0.383 e. The van der Waals surface area contributed by atoms with Gasteiger partial charge in [0.15, 0.2) is 5.17 Å². The van der Waals surface area contributed by atoms with Crippen LogP contribution in [0, 0.1) is 5.92 Å². The first-order chi connectivity index (χ1) is 7.83. The highest BCUT2D eigenvalue weighted by atomic mass is 32.2. The zero-order valence-electron chi connectivity index (χ0n) is 10.2. The van der Waals surface area contributed by atoms with Gasteiger partial charge >= 0.3 is 0 Å². The summed E-state index contributed by atoms with van der Waals surface area (Å²) in [5.74, 6) is 0.945. The van der Waals surface area contributed by atoms with Crippen molar-refractivity contribution in [3.63, 3.8) is 0 Å². The average molecular weight is 242 g/mol. The van der Waals surface area contributed by atoms with Gasteiger partial charge in [0, 0.05) is 12.4 Å². The number of amidine groups is 1. The van der Waals surface area contributed by atoms with Gasteiger partial charge in [-0.1, -0.05) is 25.1 Å². The molecule has 1 saturated carbocycles. The number of hydrogen-bond donors (Lipinski definition) is 1. The van der Waals surface area contributed by atoms with Crippen LogP contribution in [0.4, 0.5) is 0 Å². The van der Waals surface area contributed by atoms with Crippen LogP contribution >= 0.6 is 11.8 Å². The molecule has 1 heterocycles. The minimum absolute atomic E-state index is 0.430. The lowest BCUT2D eigenvalue weighted by atomic mass is 10.2. The molecule has 0 aromatic carbocycles. The van der Waals surface area contributed by atoms with E-state index in [1.807, 2.05) is 11.8 Å². The fourth-order valence-electron chi connectivity index (χ4n) is 2.11. The minimum atomic E-state index is 0.430. The summed E-state index contributed by atoms with van der Waals surface area (Å²) in [6, 6.07) is 0.430. The van der Waals surface area contributed by atoms with E-state index in [1.54, 1.807) is 7.11 Å². The second-order valence-corrected chi connectivity index (χ2v) is 5.95. The highest BCUT2D eigenvalue weighted by molar-refractivity contribution is 8.14. The average Bonchev–Trinajstić information content (AvgIpc) is 3.01. The Labute approximate surface area is 102 Å². The molecule has 2 aliphatic rings. The van der Waals surface area contributed by atoms with Crippen LogP contribution in [0.25, 0.3) is 0 Å². The quantitative estimate of drug-likeness (QED) is 0.776.